The number of benzene rings is 1. The highest BCUT2D eigenvalue weighted by Crippen LogP contribution is 2.13. The second-order valence-electron chi connectivity index (χ2n) is 13.0. The van der Waals surface area contributed by atoms with Crippen LogP contribution in [-0.4, -0.2) is 134 Å². The van der Waals surface area contributed by atoms with E-state index >= 15 is 0 Å². The second kappa shape index (κ2) is 23.2. The highest BCUT2D eigenvalue weighted by molar-refractivity contribution is 5.97. The standard InChI is InChI=1S/C34H52N10O11/c1-18(2)28(34(55)40-23(5-3-4-10-35)30(51)38-14-27(48)49)44-31(52)24(11-19-6-8-21(47)9-7-19)41-32(53)26(16-46)43-33(54)25(15-45)42-29(50)22(36)12-20-13-37-17-39-20/h6-9,13,17-18,22-26,28,45-47H,3-5,10-12,14-16,35-36H2,1-2H3,(H,37,39)(H,38,51)(H,40,55)(H,41,53)(H,42,50)(H,43,54)(H,44,52)(H,48,49)/t22-,23-,24-,25-,26-,28-/m0/s1. The van der Waals surface area contributed by atoms with Gasteiger partial charge < -0.3 is 68.8 Å². The van der Waals surface area contributed by atoms with Crippen molar-refractivity contribution in [3.63, 3.8) is 0 Å². The summed E-state index contributed by atoms with van der Waals surface area (Å²) in [6.45, 7) is 0.999. The molecule has 21 heteroatoms. The van der Waals surface area contributed by atoms with Crippen molar-refractivity contribution in [2.75, 3.05) is 26.3 Å². The van der Waals surface area contributed by atoms with E-state index in [1.54, 1.807) is 13.8 Å². The molecule has 0 spiro atoms. The summed E-state index contributed by atoms with van der Waals surface area (Å²) in [5, 5.41) is 52.9. The number of rotatable bonds is 24. The molecule has 1 aromatic carbocycles. The Hall–Kier alpha value is -5.64. The maximum atomic E-state index is 13.8. The Morgan fingerprint density at radius 2 is 1.31 bits per heavy atom. The van der Waals surface area contributed by atoms with Gasteiger partial charge in [-0.2, -0.15) is 0 Å². The Balaban J connectivity index is 2.23. The predicted molar refractivity (Wildman–Crippen MR) is 194 cm³/mol. The number of phenolic OH excluding ortho intramolecular Hbond substituents is 1. The number of aromatic nitrogens is 2. The van der Waals surface area contributed by atoms with E-state index in [2.05, 4.69) is 41.9 Å². The lowest BCUT2D eigenvalue weighted by Crippen LogP contribution is -2.61. The molecule has 0 saturated heterocycles. The number of carbonyl (C=O) groups is 7. The third-order valence-corrected chi connectivity index (χ3v) is 8.21. The number of unbranched alkanes of at least 4 members (excludes halogenated alkanes) is 1. The van der Waals surface area contributed by atoms with Crippen LogP contribution in [0.5, 0.6) is 5.75 Å². The maximum absolute atomic E-state index is 13.8. The van der Waals surface area contributed by atoms with Gasteiger partial charge in [0.2, 0.25) is 35.4 Å². The number of hydrogen-bond acceptors (Lipinski definition) is 13. The van der Waals surface area contributed by atoms with Crippen molar-refractivity contribution in [2.45, 2.75) is 82.2 Å². The number of amides is 6. The molecular formula is C34H52N10O11. The number of aliphatic hydroxyl groups is 2. The van der Waals surface area contributed by atoms with Crippen molar-refractivity contribution < 1.29 is 54.0 Å². The molecule has 0 unspecified atom stereocenters. The molecule has 0 aliphatic heterocycles. The van der Waals surface area contributed by atoms with Gasteiger partial charge >= 0.3 is 5.97 Å². The van der Waals surface area contributed by atoms with Gasteiger partial charge in [0.05, 0.1) is 25.6 Å². The Bertz CT molecular complexity index is 1570. The zero-order chi connectivity index (χ0) is 41.1. The molecule has 21 nitrogen and oxygen atoms in total. The molecule has 6 atom stereocenters. The van der Waals surface area contributed by atoms with Crippen LogP contribution in [0, 0.1) is 5.92 Å². The van der Waals surface area contributed by atoms with Crippen LogP contribution in [0.3, 0.4) is 0 Å². The Labute approximate surface area is 316 Å². The van der Waals surface area contributed by atoms with Crippen molar-refractivity contribution in [2.24, 2.45) is 17.4 Å². The number of carbonyl (C=O) groups excluding carboxylic acids is 6. The van der Waals surface area contributed by atoms with E-state index in [4.69, 9.17) is 16.6 Å². The van der Waals surface area contributed by atoms with Gasteiger partial charge in [-0.25, -0.2) is 4.98 Å². The molecule has 0 saturated carbocycles. The summed E-state index contributed by atoms with van der Waals surface area (Å²) in [5.41, 5.74) is 12.5. The fourth-order valence-corrected chi connectivity index (χ4v) is 5.11. The number of phenols is 1. The topological polar surface area (TPSA) is 353 Å². The van der Waals surface area contributed by atoms with Crippen LogP contribution in [0.2, 0.25) is 0 Å². The third-order valence-electron chi connectivity index (χ3n) is 8.21. The third kappa shape index (κ3) is 15.7. The molecule has 2 aromatic rings. The molecule has 0 bridgehead atoms. The van der Waals surface area contributed by atoms with Crippen LogP contribution in [-0.2, 0) is 46.4 Å². The van der Waals surface area contributed by atoms with Crippen LogP contribution in [0.1, 0.15) is 44.4 Å². The molecular weight excluding hydrogens is 724 g/mol. The molecule has 0 fully saturated rings. The number of nitrogens with zero attached hydrogens (tertiary/aromatic N) is 1. The van der Waals surface area contributed by atoms with Crippen LogP contribution in [0.25, 0.3) is 0 Å². The van der Waals surface area contributed by atoms with Gasteiger partial charge in [-0.1, -0.05) is 26.0 Å². The average Bonchev–Trinajstić information content (AvgIpc) is 3.66. The summed E-state index contributed by atoms with van der Waals surface area (Å²) in [7, 11) is 0. The van der Waals surface area contributed by atoms with E-state index in [0.717, 1.165) is 0 Å². The highest BCUT2D eigenvalue weighted by atomic mass is 16.4. The number of imidazole rings is 1. The van der Waals surface area contributed by atoms with E-state index in [-0.39, 0.29) is 25.0 Å². The second-order valence-corrected chi connectivity index (χ2v) is 13.0. The normalized spacial score (nSPS) is 14.3. The van der Waals surface area contributed by atoms with Crippen LogP contribution in [0.4, 0.5) is 0 Å². The van der Waals surface area contributed by atoms with Crippen molar-refractivity contribution >= 4 is 41.4 Å². The van der Waals surface area contributed by atoms with E-state index in [9.17, 15) is 48.9 Å². The van der Waals surface area contributed by atoms with Gasteiger partial charge in [-0.05, 0) is 49.4 Å². The van der Waals surface area contributed by atoms with Crippen molar-refractivity contribution in [1.29, 1.82) is 0 Å². The van der Waals surface area contributed by atoms with Crippen LogP contribution < -0.4 is 43.4 Å². The van der Waals surface area contributed by atoms with Crippen LogP contribution in [0.15, 0.2) is 36.8 Å². The minimum Gasteiger partial charge on any atom is -0.508 e. The number of nitrogens with one attached hydrogen (secondary N) is 7. The summed E-state index contributed by atoms with van der Waals surface area (Å²) < 4.78 is 0. The monoisotopic (exact) mass is 776 g/mol. The number of carboxylic acids is 1. The first-order valence-corrected chi connectivity index (χ1v) is 17.5. The molecule has 0 aliphatic rings. The summed E-state index contributed by atoms with van der Waals surface area (Å²) in [5.74, 6) is -7.24. The van der Waals surface area contributed by atoms with E-state index in [0.29, 0.717) is 30.6 Å². The first-order chi connectivity index (χ1) is 26.1. The SMILES string of the molecule is CC(C)[C@H](NC(=O)[C@H](Cc1ccc(O)cc1)NC(=O)[C@H](CO)NC(=O)[C@H](CO)NC(=O)[C@@H](N)Cc1cnc[nH]1)C(=O)N[C@@H](CCCCN)C(=O)NCC(=O)O. The minimum absolute atomic E-state index is 0.0363. The molecule has 15 N–H and O–H groups in total. The van der Waals surface area contributed by atoms with Crippen molar-refractivity contribution in [3.05, 3.63) is 48.0 Å². The summed E-state index contributed by atoms with van der Waals surface area (Å²) in [6, 6.07) is -2.61. The number of H-pyrrole nitrogens is 1. The van der Waals surface area contributed by atoms with Crippen molar-refractivity contribution in [1.82, 2.24) is 41.9 Å². The molecule has 304 valence electrons. The lowest BCUT2D eigenvalue weighted by molar-refractivity contribution is -0.138. The number of aromatic amines is 1. The quantitative estimate of drug-likeness (QED) is 0.0448. The maximum Gasteiger partial charge on any atom is 0.322 e. The fourth-order valence-electron chi connectivity index (χ4n) is 5.11. The van der Waals surface area contributed by atoms with E-state index < -0.39 is 103 Å². The van der Waals surface area contributed by atoms with Gasteiger partial charge in [0.25, 0.3) is 0 Å². The largest absolute Gasteiger partial charge is 0.508 e. The number of hydrogen-bond donors (Lipinski definition) is 13. The van der Waals surface area contributed by atoms with Crippen LogP contribution >= 0.6 is 0 Å². The summed E-state index contributed by atoms with van der Waals surface area (Å²) in [6.07, 6.45) is 3.76. The molecule has 2 rings (SSSR count). The lowest BCUT2D eigenvalue weighted by atomic mass is 9.99. The smallest absolute Gasteiger partial charge is 0.322 e. The molecule has 0 radical (unpaired) electrons. The first-order valence-electron chi connectivity index (χ1n) is 17.5. The lowest BCUT2D eigenvalue weighted by Gasteiger charge is -2.28. The van der Waals surface area contributed by atoms with Gasteiger partial charge in [0.1, 0.15) is 42.5 Å². The van der Waals surface area contributed by atoms with Gasteiger partial charge in [0.15, 0.2) is 0 Å². The number of aliphatic carboxylic acids is 1. The zero-order valence-corrected chi connectivity index (χ0v) is 30.6. The predicted octanol–water partition coefficient (Wildman–Crippen LogP) is -4.38. The first kappa shape index (κ1) is 45.5. The Morgan fingerprint density at radius 1 is 0.745 bits per heavy atom. The van der Waals surface area contributed by atoms with E-state index in [1.165, 1.54) is 36.8 Å². The Kier molecular flexibility index (Phi) is 19.2. The number of carboxylic acid groups (broad SMARTS) is 1. The molecule has 55 heavy (non-hydrogen) atoms. The fraction of sp³-hybridized carbons (Fsp3) is 0.529. The molecule has 1 aromatic heterocycles. The zero-order valence-electron chi connectivity index (χ0n) is 30.6. The van der Waals surface area contributed by atoms with Gasteiger partial charge in [0, 0.05) is 24.7 Å². The molecule has 1 heterocycles. The number of aromatic hydroxyl groups is 1. The van der Waals surface area contributed by atoms with Gasteiger partial charge in [-0.15, -0.1) is 0 Å². The molecule has 0 aliphatic carbocycles. The summed E-state index contributed by atoms with van der Waals surface area (Å²) in [4.78, 5) is 96.7. The minimum atomic E-state index is -1.69. The summed E-state index contributed by atoms with van der Waals surface area (Å²) >= 11 is 0. The van der Waals surface area contributed by atoms with Crippen molar-refractivity contribution in [3.8, 4) is 5.75 Å². The number of aliphatic hydroxyl groups excluding tert-OH is 2. The Morgan fingerprint density at radius 3 is 1.84 bits per heavy atom. The van der Waals surface area contributed by atoms with E-state index in [1.807, 2.05) is 0 Å². The highest BCUT2D eigenvalue weighted by Gasteiger charge is 2.34. The average molecular weight is 777 g/mol. The molecule has 6 amide bonds. The number of nitrogens with two attached hydrogens (primary N) is 2. The van der Waals surface area contributed by atoms with Gasteiger partial charge in [-0.3, -0.25) is 33.6 Å².